The van der Waals surface area contributed by atoms with E-state index in [1.165, 1.54) is 12.2 Å². The first-order valence-electron chi connectivity index (χ1n) is 3.80. The lowest BCUT2D eigenvalue weighted by Crippen LogP contribution is -2.14. The van der Waals surface area contributed by atoms with Crippen LogP contribution in [-0.2, 0) is 4.79 Å². The number of aliphatic imine (C=N–C) groups is 1. The van der Waals surface area contributed by atoms with Crippen LogP contribution < -0.4 is 5.73 Å². The number of hydrogen-bond acceptors (Lipinski definition) is 2. The number of ketones is 1. The van der Waals surface area contributed by atoms with Crippen LogP contribution in [0.1, 0.15) is 13.8 Å². The number of primary amides is 1. The average Bonchev–Trinajstić information content (AvgIpc) is 2.06. The van der Waals surface area contributed by atoms with Gasteiger partial charge in [0.2, 0.25) is 0 Å². The summed E-state index contributed by atoms with van der Waals surface area (Å²) in [6, 6.07) is -0.749. The van der Waals surface area contributed by atoms with Gasteiger partial charge in [-0.2, -0.15) is 4.99 Å². The Morgan fingerprint density at radius 2 is 1.92 bits per heavy atom. The van der Waals surface area contributed by atoms with Crippen LogP contribution in [0.25, 0.3) is 0 Å². The van der Waals surface area contributed by atoms with Crippen LogP contribution in [0, 0.1) is 0 Å². The number of urea groups is 1. The van der Waals surface area contributed by atoms with Gasteiger partial charge in [0.25, 0.3) is 0 Å². The fraction of sp³-hybridized carbons (Fsp3) is 0.222. The molecule has 1 rings (SSSR count). The smallest absolute Gasteiger partial charge is 0.338 e. The van der Waals surface area contributed by atoms with E-state index in [1.807, 2.05) is 0 Å². The zero-order chi connectivity index (χ0) is 10.0. The second-order valence-corrected chi connectivity index (χ2v) is 2.78. The minimum atomic E-state index is -0.749. The summed E-state index contributed by atoms with van der Waals surface area (Å²) in [6.07, 6.45) is 2.87. The zero-order valence-corrected chi connectivity index (χ0v) is 7.50. The van der Waals surface area contributed by atoms with Crippen LogP contribution in [-0.4, -0.2) is 17.5 Å². The van der Waals surface area contributed by atoms with Gasteiger partial charge in [-0.1, -0.05) is 0 Å². The van der Waals surface area contributed by atoms with Gasteiger partial charge in [-0.25, -0.2) is 4.79 Å². The van der Waals surface area contributed by atoms with Gasteiger partial charge in [0.1, 0.15) is 0 Å². The summed E-state index contributed by atoms with van der Waals surface area (Å²) in [6.45, 7) is 3.43. The predicted octanol–water partition coefficient (Wildman–Crippen LogP) is 0.981. The Kier molecular flexibility index (Phi) is 2.41. The number of nitrogens with two attached hydrogens (primary N) is 1. The molecule has 0 saturated heterocycles. The van der Waals surface area contributed by atoms with Crippen LogP contribution in [0.5, 0.6) is 0 Å². The number of nitrogens with zero attached hydrogens (tertiary/aromatic N) is 1. The van der Waals surface area contributed by atoms with Gasteiger partial charge in [-0.05, 0) is 31.6 Å². The van der Waals surface area contributed by atoms with Crippen LogP contribution in [0.4, 0.5) is 4.79 Å². The highest BCUT2D eigenvalue weighted by Gasteiger charge is 2.13. The standard InChI is InChI=1S/C9H10N2O2/c1-5-6(2)8(12)4-3-7(5)11-9(10)13/h3-4H,1-2H3,(H2,10,13). The van der Waals surface area contributed by atoms with Crippen molar-refractivity contribution >= 4 is 17.5 Å². The fourth-order valence-electron chi connectivity index (χ4n) is 1.02. The van der Waals surface area contributed by atoms with Crippen molar-refractivity contribution in [3.63, 3.8) is 0 Å². The number of hydrogen-bond donors (Lipinski definition) is 1. The molecular formula is C9H10N2O2. The normalized spacial score (nSPS) is 19.8. The molecule has 0 saturated carbocycles. The van der Waals surface area contributed by atoms with Crippen molar-refractivity contribution in [1.29, 1.82) is 0 Å². The Morgan fingerprint density at radius 1 is 1.31 bits per heavy atom. The zero-order valence-electron chi connectivity index (χ0n) is 7.50. The monoisotopic (exact) mass is 178 g/mol. The van der Waals surface area contributed by atoms with Crippen molar-refractivity contribution in [3.05, 3.63) is 23.3 Å². The van der Waals surface area contributed by atoms with Crippen LogP contribution in [0.3, 0.4) is 0 Å². The molecule has 2 amide bonds. The molecule has 68 valence electrons. The molecule has 0 unspecified atom stereocenters. The Morgan fingerprint density at radius 3 is 2.46 bits per heavy atom. The van der Waals surface area contributed by atoms with Gasteiger partial charge in [0, 0.05) is 5.57 Å². The van der Waals surface area contributed by atoms with Gasteiger partial charge >= 0.3 is 6.03 Å². The average molecular weight is 178 g/mol. The maximum atomic E-state index is 11.1. The Balaban J connectivity index is 3.13. The first-order chi connectivity index (χ1) is 6.02. The summed E-state index contributed by atoms with van der Waals surface area (Å²) in [5.74, 6) is -0.0547. The molecule has 1 aliphatic rings. The number of carbonyl (C=O) groups excluding carboxylic acids is 2. The van der Waals surface area contributed by atoms with E-state index in [1.54, 1.807) is 13.8 Å². The molecule has 4 heteroatoms. The molecule has 0 aromatic heterocycles. The lowest BCUT2D eigenvalue weighted by atomic mass is 9.97. The van der Waals surface area contributed by atoms with E-state index >= 15 is 0 Å². The molecule has 13 heavy (non-hydrogen) atoms. The number of carbonyl (C=O) groups is 2. The van der Waals surface area contributed by atoms with E-state index < -0.39 is 6.03 Å². The summed E-state index contributed by atoms with van der Waals surface area (Å²) >= 11 is 0. The van der Waals surface area contributed by atoms with Gasteiger partial charge < -0.3 is 5.73 Å². The predicted molar refractivity (Wildman–Crippen MR) is 49.5 cm³/mol. The minimum absolute atomic E-state index is 0.0547. The van der Waals surface area contributed by atoms with Crippen molar-refractivity contribution in [1.82, 2.24) is 0 Å². The molecule has 2 N–H and O–H groups in total. The van der Waals surface area contributed by atoms with E-state index in [4.69, 9.17) is 5.73 Å². The summed E-state index contributed by atoms with van der Waals surface area (Å²) < 4.78 is 0. The number of rotatable bonds is 0. The summed E-state index contributed by atoms with van der Waals surface area (Å²) in [4.78, 5) is 25.2. The molecule has 0 aromatic carbocycles. The first-order valence-corrected chi connectivity index (χ1v) is 3.80. The van der Waals surface area contributed by atoms with Crippen molar-refractivity contribution in [2.24, 2.45) is 10.7 Å². The van der Waals surface area contributed by atoms with Crippen molar-refractivity contribution in [2.75, 3.05) is 0 Å². The minimum Gasteiger partial charge on any atom is -0.350 e. The van der Waals surface area contributed by atoms with Gasteiger partial charge in [0.15, 0.2) is 5.78 Å². The van der Waals surface area contributed by atoms with Gasteiger partial charge in [-0.15, -0.1) is 0 Å². The Bertz CT molecular complexity index is 362. The second-order valence-electron chi connectivity index (χ2n) is 2.78. The van der Waals surface area contributed by atoms with E-state index in [-0.39, 0.29) is 5.78 Å². The third-order valence-electron chi connectivity index (χ3n) is 1.94. The first kappa shape index (κ1) is 9.38. The SMILES string of the molecule is CC1=C(C)C(=NC(N)=O)C=CC1=O. The molecule has 0 heterocycles. The van der Waals surface area contributed by atoms with E-state index in [0.717, 1.165) is 0 Å². The molecule has 0 bridgehead atoms. The summed E-state index contributed by atoms with van der Waals surface area (Å²) in [5, 5.41) is 0. The maximum absolute atomic E-state index is 11.1. The van der Waals surface area contributed by atoms with Crippen molar-refractivity contribution in [2.45, 2.75) is 13.8 Å². The molecule has 0 aliphatic heterocycles. The Labute approximate surface area is 75.8 Å². The molecule has 4 nitrogen and oxygen atoms in total. The maximum Gasteiger partial charge on any atom is 0.338 e. The highest BCUT2D eigenvalue weighted by molar-refractivity contribution is 6.23. The van der Waals surface area contributed by atoms with Crippen molar-refractivity contribution < 1.29 is 9.59 Å². The number of allylic oxidation sites excluding steroid dienone is 4. The third-order valence-corrected chi connectivity index (χ3v) is 1.94. The lowest BCUT2D eigenvalue weighted by Gasteiger charge is -2.09. The topological polar surface area (TPSA) is 72.5 Å². The summed E-state index contributed by atoms with van der Waals surface area (Å²) in [7, 11) is 0. The lowest BCUT2D eigenvalue weighted by molar-refractivity contribution is -0.111. The molecule has 1 aliphatic carbocycles. The number of amides is 2. The van der Waals surface area contributed by atoms with Crippen LogP contribution in [0.2, 0.25) is 0 Å². The highest BCUT2D eigenvalue weighted by Crippen LogP contribution is 2.13. The third kappa shape index (κ3) is 1.90. The molecule has 0 fully saturated rings. The van der Waals surface area contributed by atoms with Crippen LogP contribution >= 0.6 is 0 Å². The quantitative estimate of drug-likeness (QED) is 0.561. The van der Waals surface area contributed by atoms with E-state index in [9.17, 15) is 9.59 Å². The fourth-order valence-corrected chi connectivity index (χ4v) is 1.02. The van der Waals surface area contributed by atoms with E-state index in [0.29, 0.717) is 16.9 Å². The molecular weight excluding hydrogens is 168 g/mol. The molecule has 0 atom stereocenters. The Hall–Kier alpha value is -1.71. The second kappa shape index (κ2) is 3.35. The molecule has 0 aromatic rings. The highest BCUT2D eigenvalue weighted by atomic mass is 16.2. The largest absolute Gasteiger partial charge is 0.350 e. The summed E-state index contributed by atoms with van der Waals surface area (Å²) in [5.41, 5.74) is 6.66. The molecule has 0 spiro atoms. The van der Waals surface area contributed by atoms with Gasteiger partial charge in [-0.3, -0.25) is 4.79 Å². The molecule has 0 radical (unpaired) electrons. The van der Waals surface area contributed by atoms with Crippen LogP contribution in [0.15, 0.2) is 28.3 Å². The van der Waals surface area contributed by atoms with Gasteiger partial charge in [0.05, 0.1) is 5.71 Å². The van der Waals surface area contributed by atoms with Crippen molar-refractivity contribution in [3.8, 4) is 0 Å². The van der Waals surface area contributed by atoms with E-state index in [2.05, 4.69) is 4.99 Å².